The standard InChI is InChI=1S/C15H33N3O2S/c1-5-14(4)13-17(7-3)21(19,20)18-11-9-8-10-15(18)12-16-6-2/h14-16H,5-13H2,1-4H3. The van der Waals surface area contributed by atoms with Crippen LogP contribution in [0.2, 0.25) is 0 Å². The Kier molecular flexibility index (Phi) is 8.16. The minimum absolute atomic E-state index is 0.106. The summed E-state index contributed by atoms with van der Waals surface area (Å²) < 4.78 is 29.3. The summed E-state index contributed by atoms with van der Waals surface area (Å²) in [4.78, 5) is 0. The van der Waals surface area contributed by atoms with Crippen LogP contribution in [0, 0.1) is 5.92 Å². The lowest BCUT2D eigenvalue weighted by Crippen LogP contribution is -2.54. The first-order valence-electron chi connectivity index (χ1n) is 8.44. The molecule has 2 atom stereocenters. The highest BCUT2D eigenvalue weighted by Gasteiger charge is 2.35. The molecule has 1 rings (SSSR count). The first-order valence-corrected chi connectivity index (χ1v) is 9.84. The lowest BCUT2D eigenvalue weighted by atomic mass is 10.1. The lowest BCUT2D eigenvalue weighted by molar-refractivity contribution is 0.223. The van der Waals surface area contributed by atoms with E-state index < -0.39 is 10.2 Å². The highest BCUT2D eigenvalue weighted by molar-refractivity contribution is 7.86. The fourth-order valence-electron chi connectivity index (χ4n) is 2.80. The zero-order valence-corrected chi connectivity index (χ0v) is 15.0. The van der Waals surface area contributed by atoms with E-state index in [-0.39, 0.29) is 6.04 Å². The first-order chi connectivity index (χ1) is 9.97. The summed E-state index contributed by atoms with van der Waals surface area (Å²) in [5, 5.41) is 3.30. The lowest BCUT2D eigenvalue weighted by Gasteiger charge is -2.38. The van der Waals surface area contributed by atoms with Gasteiger partial charge in [-0.1, -0.05) is 40.5 Å². The van der Waals surface area contributed by atoms with E-state index in [2.05, 4.69) is 26.1 Å². The van der Waals surface area contributed by atoms with Crippen LogP contribution in [0.3, 0.4) is 0 Å². The van der Waals surface area contributed by atoms with E-state index in [1.165, 1.54) is 0 Å². The van der Waals surface area contributed by atoms with Gasteiger partial charge in [0.1, 0.15) is 0 Å². The van der Waals surface area contributed by atoms with Crippen molar-refractivity contribution in [2.45, 2.75) is 59.4 Å². The Labute approximate surface area is 131 Å². The van der Waals surface area contributed by atoms with Gasteiger partial charge in [0.05, 0.1) is 0 Å². The van der Waals surface area contributed by atoms with Crippen LogP contribution in [0.15, 0.2) is 0 Å². The van der Waals surface area contributed by atoms with Gasteiger partial charge in [-0.3, -0.25) is 0 Å². The van der Waals surface area contributed by atoms with Crippen LogP contribution in [-0.2, 0) is 10.2 Å². The maximum atomic E-state index is 13.0. The van der Waals surface area contributed by atoms with Crippen molar-refractivity contribution in [1.82, 2.24) is 13.9 Å². The van der Waals surface area contributed by atoms with Gasteiger partial charge in [-0.15, -0.1) is 0 Å². The molecule has 0 spiro atoms. The molecule has 0 saturated carbocycles. The summed E-state index contributed by atoms with van der Waals surface area (Å²) in [5.74, 6) is 0.400. The van der Waals surface area contributed by atoms with Gasteiger partial charge in [-0.25, -0.2) is 0 Å². The largest absolute Gasteiger partial charge is 0.315 e. The molecule has 0 aliphatic carbocycles. The van der Waals surface area contributed by atoms with Crippen LogP contribution in [0.4, 0.5) is 0 Å². The summed E-state index contributed by atoms with van der Waals surface area (Å²) in [7, 11) is -3.33. The van der Waals surface area contributed by atoms with E-state index in [1.807, 2.05) is 6.92 Å². The Bertz CT molecular complexity index is 386. The molecule has 0 aromatic rings. The third kappa shape index (κ3) is 5.20. The molecular weight excluding hydrogens is 286 g/mol. The van der Waals surface area contributed by atoms with Crippen LogP contribution >= 0.6 is 0 Å². The summed E-state index contributed by atoms with van der Waals surface area (Å²) >= 11 is 0. The Balaban J connectivity index is 2.84. The summed E-state index contributed by atoms with van der Waals surface area (Å²) in [5.41, 5.74) is 0. The second-order valence-electron chi connectivity index (χ2n) is 6.04. The maximum absolute atomic E-state index is 13.0. The zero-order valence-electron chi connectivity index (χ0n) is 14.1. The summed E-state index contributed by atoms with van der Waals surface area (Å²) in [6, 6.07) is 0.106. The van der Waals surface area contributed by atoms with Crippen molar-refractivity contribution in [1.29, 1.82) is 0 Å². The fraction of sp³-hybridized carbons (Fsp3) is 1.00. The highest BCUT2D eigenvalue weighted by atomic mass is 32.2. The Morgan fingerprint density at radius 2 is 2.00 bits per heavy atom. The SMILES string of the molecule is CCNCC1CCCCN1S(=O)(=O)N(CC)CC(C)CC. The number of nitrogens with zero attached hydrogens (tertiary/aromatic N) is 2. The van der Waals surface area contributed by atoms with Gasteiger partial charge in [0.25, 0.3) is 10.2 Å². The number of hydrogen-bond acceptors (Lipinski definition) is 3. The Morgan fingerprint density at radius 1 is 1.29 bits per heavy atom. The number of rotatable bonds is 9. The Hall–Kier alpha value is -0.170. The van der Waals surface area contributed by atoms with E-state index in [0.29, 0.717) is 25.6 Å². The van der Waals surface area contributed by atoms with Crippen molar-refractivity contribution in [2.75, 3.05) is 32.7 Å². The average Bonchev–Trinajstić information content (AvgIpc) is 2.50. The molecule has 0 aromatic heterocycles. The van der Waals surface area contributed by atoms with Gasteiger partial charge in [-0.05, 0) is 25.3 Å². The Morgan fingerprint density at radius 3 is 2.57 bits per heavy atom. The minimum Gasteiger partial charge on any atom is -0.315 e. The molecule has 1 aliphatic rings. The predicted octanol–water partition coefficient (Wildman–Crippen LogP) is 2.06. The maximum Gasteiger partial charge on any atom is 0.282 e. The van der Waals surface area contributed by atoms with Crippen LogP contribution in [0.25, 0.3) is 0 Å². The van der Waals surface area contributed by atoms with Crippen LogP contribution in [0.1, 0.15) is 53.4 Å². The quantitative estimate of drug-likeness (QED) is 0.708. The fourth-order valence-corrected chi connectivity index (χ4v) is 4.79. The highest BCUT2D eigenvalue weighted by Crippen LogP contribution is 2.23. The zero-order chi connectivity index (χ0) is 15.9. The van der Waals surface area contributed by atoms with Crippen LogP contribution < -0.4 is 5.32 Å². The van der Waals surface area contributed by atoms with E-state index in [9.17, 15) is 8.42 Å². The molecule has 1 saturated heterocycles. The third-order valence-electron chi connectivity index (χ3n) is 4.39. The molecule has 126 valence electrons. The molecule has 5 nitrogen and oxygen atoms in total. The van der Waals surface area contributed by atoms with Gasteiger partial charge in [0, 0.05) is 32.2 Å². The predicted molar refractivity (Wildman–Crippen MR) is 88.5 cm³/mol. The molecule has 0 radical (unpaired) electrons. The van der Waals surface area contributed by atoms with Crippen molar-refractivity contribution in [2.24, 2.45) is 5.92 Å². The number of piperidine rings is 1. The molecule has 1 fully saturated rings. The molecule has 2 unspecified atom stereocenters. The smallest absolute Gasteiger partial charge is 0.282 e. The summed E-state index contributed by atoms with van der Waals surface area (Å²) in [6.45, 7) is 11.7. The van der Waals surface area contributed by atoms with Crippen LogP contribution in [0.5, 0.6) is 0 Å². The first kappa shape index (κ1) is 18.9. The van der Waals surface area contributed by atoms with Crippen molar-refractivity contribution < 1.29 is 8.42 Å². The molecule has 1 heterocycles. The molecule has 1 aliphatic heterocycles. The van der Waals surface area contributed by atoms with Crippen LogP contribution in [-0.4, -0.2) is 55.8 Å². The number of likely N-dealkylation sites (N-methyl/N-ethyl adjacent to an activating group) is 1. The third-order valence-corrected chi connectivity index (χ3v) is 6.52. The van der Waals surface area contributed by atoms with Crippen molar-refractivity contribution in [3.05, 3.63) is 0 Å². The monoisotopic (exact) mass is 319 g/mol. The number of nitrogens with one attached hydrogen (secondary N) is 1. The van der Waals surface area contributed by atoms with Crippen molar-refractivity contribution >= 4 is 10.2 Å². The molecular formula is C15H33N3O2S. The second-order valence-corrected chi connectivity index (χ2v) is 7.92. The molecule has 21 heavy (non-hydrogen) atoms. The molecule has 1 N–H and O–H groups in total. The summed E-state index contributed by atoms with van der Waals surface area (Å²) in [6.07, 6.45) is 4.07. The topological polar surface area (TPSA) is 52.7 Å². The van der Waals surface area contributed by atoms with Crippen molar-refractivity contribution in [3.63, 3.8) is 0 Å². The van der Waals surface area contributed by atoms with Crippen molar-refractivity contribution in [3.8, 4) is 0 Å². The molecule has 0 aromatic carbocycles. The second kappa shape index (κ2) is 9.08. The van der Waals surface area contributed by atoms with E-state index in [4.69, 9.17) is 0 Å². The number of hydrogen-bond donors (Lipinski definition) is 1. The molecule has 6 heteroatoms. The normalized spacial score (nSPS) is 22.6. The van der Waals surface area contributed by atoms with Gasteiger partial charge in [0.15, 0.2) is 0 Å². The van der Waals surface area contributed by atoms with Gasteiger partial charge < -0.3 is 5.32 Å². The average molecular weight is 320 g/mol. The minimum atomic E-state index is -3.33. The van der Waals surface area contributed by atoms with Gasteiger partial charge in [0.2, 0.25) is 0 Å². The molecule has 0 bridgehead atoms. The van der Waals surface area contributed by atoms with E-state index in [1.54, 1.807) is 8.61 Å². The van der Waals surface area contributed by atoms with Gasteiger partial charge in [-0.2, -0.15) is 17.0 Å². The van der Waals surface area contributed by atoms with E-state index in [0.717, 1.165) is 38.8 Å². The van der Waals surface area contributed by atoms with Gasteiger partial charge >= 0.3 is 0 Å². The van der Waals surface area contributed by atoms with E-state index >= 15 is 0 Å². The molecule has 0 amide bonds.